The van der Waals surface area contributed by atoms with Gasteiger partial charge in [-0.25, -0.2) is 20.2 Å². The van der Waals surface area contributed by atoms with Gasteiger partial charge in [0.2, 0.25) is 5.95 Å². The highest BCUT2D eigenvalue weighted by Gasteiger charge is 2.20. The Morgan fingerprint density at radius 1 is 1.21 bits per heavy atom. The molecule has 0 radical (unpaired) electrons. The van der Waals surface area contributed by atoms with Gasteiger partial charge in [0.05, 0.1) is 12.2 Å². The Morgan fingerprint density at radius 2 is 2.04 bits per heavy atom. The second-order valence-electron chi connectivity index (χ2n) is 6.01. The zero-order valence-corrected chi connectivity index (χ0v) is 14.7. The number of nitrogens with two attached hydrogens (primary N) is 1. The maximum absolute atomic E-state index is 13.3. The maximum atomic E-state index is 13.3. The first-order chi connectivity index (χ1) is 13.7. The molecule has 28 heavy (non-hydrogen) atoms. The van der Waals surface area contributed by atoms with E-state index in [9.17, 15) is 9.30 Å². The van der Waals surface area contributed by atoms with Gasteiger partial charge in [0.25, 0.3) is 0 Å². The second kappa shape index (κ2) is 7.53. The molecule has 0 spiro atoms. The molecule has 0 aliphatic carbocycles. The zero-order chi connectivity index (χ0) is 19.5. The quantitative estimate of drug-likeness (QED) is 0.226. The third-order valence-electron chi connectivity index (χ3n) is 4.17. The molecule has 4 aromatic rings. The average molecular weight is 381 g/mol. The molecule has 10 heteroatoms. The van der Waals surface area contributed by atoms with Crippen molar-refractivity contribution in [3.05, 3.63) is 59.7 Å². The van der Waals surface area contributed by atoms with Crippen molar-refractivity contribution < 1.29 is 8.81 Å². The van der Waals surface area contributed by atoms with Gasteiger partial charge in [0.15, 0.2) is 0 Å². The predicted molar refractivity (Wildman–Crippen MR) is 101 cm³/mol. The Balaban J connectivity index is 1.77. The van der Waals surface area contributed by atoms with Gasteiger partial charge in [-0.15, -0.1) is 0 Å². The van der Waals surface area contributed by atoms with Gasteiger partial charge in [-0.1, -0.05) is 5.18 Å². The van der Waals surface area contributed by atoms with E-state index in [4.69, 9.17) is 10.3 Å². The number of fused-ring (bicyclic) bond motifs is 1. The van der Waals surface area contributed by atoms with E-state index >= 15 is 0 Å². The summed E-state index contributed by atoms with van der Waals surface area (Å²) in [7, 11) is 0. The van der Waals surface area contributed by atoms with Gasteiger partial charge in [0.1, 0.15) is 23.5 Å². The van der Waals surface area contributed by atoms with Crippen molar-refractivity contribution in [3.63, 3.8) is 0 Å². The van der Waals surface area contributed by atoms with Crippen LogP contribution in [0.3, 0.4) is 0 Å². The molecule has 0 unspecified atom stereocenters. The SMILES string of the molecule is NN(CCCN=O)c1nccc(-c2c(-c3ccc(F)cc3)nc3occn23)n1. The number of aromatic nitrogens is 4. The zero-order valence-electron chi connectivity index (χ0n) is 14.7. The molecule has 0 aliphatic heterocycles. The Bertz CT molecular complexity index is 1110. The molecule has 0 amide bonds. The van der Waals surface area contributed by atoms with Crippen molar-refractivity contribution in [1.29, 1.82) is 0 Å². The van der Waals surface area contributed by atoms with Crippen molar-refractivity contribution in [2.24, 2.45) is 11.0 Å². The van der Waals surface area contributed by atoms with Gasteiger partial charge >= 0.3 is 5.84 Å². The third kappa shape index (κ3) is 3.32. The van der Waals surface area contributed by atoms with E-state index in [0.29, 0.717) is 41.8 Å². The Labute approximate surface area is 158 Å². The second-order valence-corrected chi connectivity index (χ2v) is 6.01. The minimum atomic E-state index is -0.332. The summed E-state index contributed by atoms with van der Waals surface area (Å²) >= 11 is 0. The normalized spacial score (nSPS) is 11.1. The Hall–Kier alpha value is -3.66. The van der Waals surface area contributed by atoms with Gasteiger partial charge < -0.3 is 4.42 Å². The summed E-state index contributed by atoms with van der Waals surface area (Å²) in [5, 5.41) is 4.18. The van der Waals surface area contributed by atoms with Crippen LogP contribution < -0.4 is 10.9 Å². The largest absolute Gasteiger partial charge is 0.432 e. The molecule has 4 rings (SSSR count). The highest BCUT2D eigenvalue weighted by molar-refractivity contribution is 5.79. The van der Waals surface area contributed by atoms with Gasteiger partial charge in [-0.3, -0.25) is 9.41 Å². The highest BCUT2D eigenvalue weighted by atomic mass is 19.1. The number of halogens is 1. The fourth-order valence-electron chi connectivity index (χ4n) is 2.86. The average Bonchev–Trinajstić information content (AvgIpc) is 3.30. The number of anilines is 1. The molecule has 0 saturated heterocycles. The molecule has 2 N–H and O–H groups in total. The van der Waals surface area contributed by atoms with E-state index in [1.807, 2.05) is 0 Å². The molecule has 3 aromatic heterocycles. The van der Waals surface area contributed by atoms with Crippen LogP contribution in [0.25, 0.3) is 28.5 Å². The van der Waals surface area contributed by atoms with Crippen molar-refractivity contribution >= 4 is 11.8 Å². The van der Waals surface area contributed by atoms with Crippen LogP contribution in [0.1, 0.15) is 6.42 Å². The van der Waals surface area contributed by atoms with Gasteiger partial charge in [0, 0.05) is 24.5 Å². The molecule has 142 valence electrons. The number of hydrogen-bond acceptors (Lipinski definition) is 8. The summed E-state index contributed by atoms with van der Waals surface area (Å²) < 4.78 is 20.5. The lowest BCUT2D eigenvalue weighted by Gasteiger charge is -2.16. The summed E-state index contributed by atoms with van der Waals surface area (Å²) in [6.45, 7) is 0.550. The number of benzene rings is 1. The first-order valence-corrected chi connectivity index (χ1v) is 8.53. The molecule has 0 atom stereocenters. The lowest BCUT2D eigenvalue weighted by Crippen LogP contribution is -2.33. The Kier molecular flexibility index (Phi) is 4.77. The van der Waals surface area contributed by atoms with Crippen LogP contribution >= 0.6 is 0 Å². The molecule has 0 aliphatic rings. The molecular weight excluding hydrogens is 365 g/mol. The van der Waals surface area contributed by atoms with Gasteiger partial charge in [-0.05, 0) is 36.8 Å². The number of nitrogens with zero attached hydrogens (tertiary/aromatic N) is 6. The number of hydrogen-bond donors (Lipinski definition) is 1. The van der Waals surface area contributed by atoms with Crippen LogP contribution in [-0.2, 0) is 0 Å². The highest BCUT2D eigenvalue weighted by Crippen LogP contribution is 2.32. The molecule has 9 nitrogen and oxygen atoms in total. The molecular formula is C18H16FN7O2. The van der Waals surface area contributed by atoms with E-state index in [1.165, 1.54) is 23.4 Å². The minimum Gasteiger partial charge on any atom is -0.432 e. The summed E-state index contributed by atoms with van der Waals surface area (Å²) in [5.41, 5.74) is 2.55. The third-order valence-corrected chi connectivity index (χ3v) is 4.17. The van der Waals surface area contributed by atoms with Crippen molar-refractivity contribution in [1.82, 2.24) is 19.4 Å². The maximum Gasteiger partial charge on any atom is 0.306 e. The van der Waals surface area contributed by atoms with E-state index in [0.717, 1.165) is 5.56 Å². The van der Waals surface area contributed by atoms with Crippen molar-refractivity contribution in [2.75, 3.05) is 18.1 Å². The minimum absolute atomic E-state index is 0.167. The van der Waals surface area contributed by atoms with E-state index in [-0.39, 0.29) is 12.4 Å². The fraction of sp³-hybridized carbons (Fsp3) is 0.167. The summed E-state index contributed by atoms with van der Waals surface area (Å²) in [4.78, 5) is 23.5. The van der Waals surface area contributed by atoms with Crippen LogP contribution in [-0.4, -0.2) is 32.4 Å². The Morgan fingerprint density at radius 3 is 2.82 bits per heavy atom. The van der Waals surface area contributed by atoms with Crippen LogP contribution in [0.2, 0.25) is 0 Å². The summed E-state index contributed by atoms with van der Waals surface area (Å²) in [5.74, 6) is 6.35. The predicted octanol–water partition coefficient (Wildman–Crippen LogP) is 3.03. The van der Waals surface area contributed by atoms with Crippen LogP contribution in [0.15, 0.2) is 58.6 Å². The fourth-order valence-corrected chi connectivity index (χ4v) is 2.86. The molecule has 3 heterocycles. The van der Waals surface area contributed by atoms with E-state index in [1.54, 1.807) is 35.0 Å². The summed E-state index contributed by atoms with van der Waals surface area (Å²) in [6.07, 6.45) is 5.32. The topological polar surface area (TPSA) is 115 Å². The summed E-state index contributed by atoms with van der Waals surface area (Å²) in [6, 6.07) is 7.76. The van der Waals surface area contributed by atoms with Crippen molar-refractivity contribution in [2.45, 2.75) is 6.42 Å². The van der Waals surface area contributed by atoms with Crippen LogP contribution in [0.4, 0.5) is 10.3 Å². The number of imidazole rings is 1. The van der Waals surface area contributed by atoms with Crippen molar-refractivity contribution in [3.8, 4) is 22.6 Å². The number of hydrazine groups is 1. The first-order valence-electron chi connectivity index (χ1n) is 8.53. The molecule has 0 bridgehead atoms. The number of rotatable bonds is 7. The molecule has 0 saturated carbocycles. The monoisotopic (exact) mass is 381 g/mol. The molecule has 1 aromatic carbocycles. The molecule has 0 fully saturated rings. The lowest BCUT2D eigenvalue weighted by atomic mass is 10.1. The van der Waals surface area contributed by atoms with Crippen LogP contribution in [0, 0.1) is 10.7 Å². The van der Waals surface area contributed by atoms with E-state index < -0.39 is 0 Å². The smallest absolute Gasteiger partial charge is 0.306 e. The lowest BCUT2D eigenvalue weighted by molar-refractivity contribution is 0.596. The number of nitroso groups, excluding NO2 is 1. The number of oxazole rings is 1. The van der Waals surface area contributed by atoms with Crippen LogP contribution in [0.5, 0.6) is 0 Å². The first kappa shape index (κ1) is 17.7. The standard InChI is InChI=1S/C18H16FN7O2/c19-13-4-2-12(3-5-13)15-16(25-10-11-28-18(25)24-15)14-6-8-21-17(23-14)26(20)9-1-7-22-27/h2-6,8,10-11H,1,7,9,20H2. The van der Waals surface area contributed by atoms with Gasteiger partial charge in [-0.2, -0.15) is 9.89 Å². The van der Waals surface area contributed by atoms with E-state index in [2.05, 4.69) is 20.1 Å².